The third-order valence-electron chi connectivity index (χ3n) is 4.96. The first-order chi connectivity index (χ1) is 12.5. The number of hydrogen-bond acceptors (Lipinski definition) is 6. The second kappa shape index (κ2) is 6.51. The van der Waals surface area contributed by atoms with Gasteiger partial charge in [0.15, 0.2) is 0 Å². The lowest BCUT2D eigenvalue weighted by Crippen LogP contribution is -2.26. The lowest BCUT2D eigenvalue weighted by Gasteiger charge is -2.16. The normalized spacial score (nSPS) is 14.1. The molecule has 8 heteroatoms. The van der Waals surface area contributed by atoms with Crippen LogP contribution in [-0.4, -0.2) is 42.6 Å². The van der Waals surface area contributed by atoms with Gasteiger partial charge >= 0.3 is 0 Å². The number of carbonyl (C=O) groups is 1. The van der Waals surface area contributed by atoms with Crippen LogP contribution in [-0.2, 0) is 17.8 Å². The van der Waals surface area contributed by atoms with E-state index in [0.717, 1.165) is 28.4 Å². The Morgan fingerprint density at radius 1 is 1.38 bits per heavy atom. The van der Waals surface area contributed by atoms with E-state index in [1.165, 1.54) is 19.2 Å². The molecular formula is C18H22N6O2. The van der Waals surface area contributed by atoms with Crippen LogP contribution in [0.1, 0.15) is 53.6 Å². The highest BCUT2D eigenvalue weighted by atomic mass is 16.5. The minimum absolute atomic E-state index is 0.0680. The molecule has 0 unspecified atom stereocenters. The van der Waals surface area contributed by atoms with E-state index in [1.807, 2.05) is 19.9 Å². The zero-order valence-corrected chi connectivity index (χ0v) is 15.3. The number of carbonyl (C=O) groups excluding carboxylic acids is 1. The van der Waals surface area contributed by atoms with Gasteiger partial charge in [-0.05, 0) is 38.7 Å². The molecule has 1 aliphatic carbocycles. The van der Waals surface area contributed by atoms with Gasteiger partial charge in [-0.2, -0.15) is 10.1 Å². The summed E-state index contributed by atoms with van der Waals surface area (Å²) in [5, 5.41) is 8.27. The van der Waals surface area contributed by atoms with Crippen molar-refractivity contribution in [1.29, 1.82) is 0 Å². The number of fused-ring (bicyclic) bond motifs is 1. The Morgan fingerprint density at radius 2 is 2.19 bits per heavy atom. The van der Waals surface area contributed by atoms with Gasteiger partial charge in [-0.25, -0.2) is 9.50 Å². The van der Waals surface area contributed by atoms with Gasteiger partial charge in [-0.15, -0.1) is 0 Å². The maximum atomic E-state index is 12.5. The van der Waals surface area contributed by atoms with E-state index < -0.39 is 0 Å². The first-order valence-corrected chi connectivity index (χ1v) is 8.88. The molecule has 3 aromatic rings. The van der Waals surface area contributed by atoms with Gasteiger partial charge in [0.05, 0.1) is 6.54 Å². The first kappa shape index (κ1) is 16.7. The van der Waals surface area contributed by atoms with Crippen molar-refractivity contribution in [3.63, 3.8) is 0 Å². The van der Waals surface area contributed by atoms with Crippen molar-refractivity contribution in [3.8, 4) is 0 Å². The van der Waals surface area contributed by atoms with Gasteiger partial charge in [0.25, 0.3) is 5.78 Å². The lowest BCUT2D eigenvalue weighted by molar-refractivity contribution is -0.130. The van der Waals surface area contributed by atoms with Crippen molar-refractivity contribution in [2.75, 3.05) is 7.05 Å². The average Bonchev–Trinajstić information content (AvgIpc) is 3.17. The maximum absolute atomic E-state index is 12.5. The van der Waals surface area contributed by atoms with Gasteiger partial charge in [0.2, 0.25) is 5.91 Å². The number of aryl methyl sites for hydroxylation is 2. The highest BCUT2D eigenvalue weighted by Crippen LogP contribution is 2.40. The highest BCUT2D eigenvalue weighted by molar-refractivity contribution is 5.76. The van der Waals surface area contributed by atoms with Crippen LogP contribution in [0.2, 0.25) is 0 Å². The molecule has 0 saturated heterocycles. The van der Waals surface area contributed by atoms with Crippen LogP contribution in [0, 0.1) is 13.8 Å². The van der Waals surface area contributed by atoms with Crippen LogP contribution in [0.25, 0.3) is 5.78 Å². The Bertz CT molecular complexity index is 956. The Morgan fingerprint density at radius 3 is 2.96 bits per heavy atom. The Balaban J connectivity index is 1.39. The lowest BCUT2D eigenvalue weighted by atomic mass is 10.1. The third kappa shape index (κ3) is 3.18. The van der Waals surface area contributed by atoms with Gasteiger partial charge in [0, 0.05) is 36.8 Å². The van der Waals surface area contributed by atoms with Crippen molar-refractivity contribution in [3.05, 3.63) is 40.8 Å². The van der Waals surface area contributed by atoms with Crippen molar-refractivity contribution < 1.29 is 9.32 Å². The summed E-state index contributed by atoms with van der Waals surface area (Å²) in [6, 6.07) is 1.97. The second-order valence-electron chi connectivity index (χ2n) is 6.98. The van der Waals surface area contributed by atoms with Gasteiger partial charge in [-0.3, -0.25) is 4.79 Å². The molecule has 1 fully saturated rings. The Hall–Kier alpha value is -2.77. The van der Waals surface area contributed by atoms with E-state index >= 15 is 0 Å². The van der Waals surface area contributed by atoms with Gasteiger partial charge in [-0.1, -0.05) is 5.16 Å². The van der Waals surface area contributed by atoms with Crippen LogP contribution in [0.5, 0.6) is 0 Å². The summed E-state index contributed by atoms with van der Waals surface area (Å²) in [6.07, 6.45) is 4.87. The van der Waals surface area contributed by atoms with Crippen molar-refractivity contribution in [1.82, 2.24) is 29.6 Å². The molecule has 1 saturated carbocycles. The van der Waals surface area contributed by atoms with Crippen LogP contribution in [0.15, 0.2) is 16.9 Å². The van der Waals surface area contributed by atoms with Crippen molar-refractivity contribution in [2.24, 2.45) is 0 Å². The number of hydrogen-bond donors (Lipinski definition) is 0. The summed E-state index contributed by atoms with van der Waals surface area (Å²) < 4.78 is 7.06. The Kier molecular flexibility index (Phi) is 4.18. The fourth-order valence-electron chi connectivity index (χ4n) is 3.23. The molecular weight excluding hydrogens is 332 g/mol. The molecule has 0 N–H and O–H groups in total. The summed E-state index contributed by atoms with van der Waals surface area (Å²) in [5.74, 6) is 2.13. The molecule has 8 nitrogen and oxygen atoms in total. The summed E-state index contributed by atoms with van der Waals surface area (Å²) in [5.41, 5.74) is 3.72. The molecule has 1 amide bonds. The molecule has 0 bridgehead atoms. The summed E-state index contributed by atoms with van der Waals surface area (Å²) >= 11 is 0. The number of aromatic nitrogens is 5. The SMILES string of the molecule is Cc1nc2ncnn2c(C)c1CCC(=O)N(C)Cc1cc(C2CC2)on1. The molecule has 0 aliphatic heterocycles. The van der Waals surface area contributed by atoms with Crippen LogP contribution >= 0.6 is 0 Å². The monoisotopic (exact) mass is 354 g/mol. The molecule has 0 aromatic carbocycles. The fourth-order valence-corrected chi connectivity index (χ4v) is 3.23. The van der Waals surface area contributed by atoms with E-state index in [1.54, 1.807) is 16.5 Å². The highest BCUT2D eigenvalue weighted by Gasteiger charge is 2.28. The molecule has 1 aliphatic rings. The van der Waals surface area contributed by atoms with Crippen molar-refractivity contribution >= 4 is 11.7 Å². The van der Waals surface area contributed by atoms with Gasteiger partial charge in [0.1, 0.15) is 17.8 Å². The molecule has 26 heavy (non-hydrogen) atoms. The largest absolute Gasteiger partial charge is 0.361 e. The molecule has 0 radical (unpaired) electrons. The second-order valence-corrected chi connectivity index (χ2v) is 6.98. The number of rotatable bonds is 6. The van der Waals surface area contributed by atoms with E-state index in [9.17, 15) is 4.79 Å². The minimum Gasteiger partial charge on any atom is -0.361 e. The number of nitrogens with zero attached hydrogens (tertiary/aromatic N) is 6. The van der Waals surface area contributed by atoms with Crippen LogP contribution in [0.4, 0.5) is 0 Å². The summed E-state index contributed by atoms with van der Waals surface area (Å²) in [6.45, 7) is 4.39. The average molecular weight is 354 g/mol. The van der Waals surface area contributed by atoms with E-state index in [-0.39, 0.29) is 5.91 Å². The zero-order valence-electron chi connectivity index (χ0n) is 15.3. The number of amides is 1. The van der Waals surface area contributed by atoms with E-state index in [4.69, 9.17) is 4.52 Å². The zero-order chi connectivity index (χ0) is 18.3. The molecule has 3 heterocycles. The Labute approximate surface area is 151 Å². The smallest absolute Gasteiger partial charge is 0.252 e. The third-order valence-corrected chi connectivity index (χ3v) is 4.96. The van der Waals surface area contributed by atoms with Crippen LogP contribution in [0.3, 0.4) is 0 Å². The summed E-state index contributed by atoms with van der Waals surface area (Å²) in [7, 11) is 1.80. The molecule has 0 atom stereocenters. The molecule has 0 spiro atoms. The molecule has 4 rings (SSSR count). The minimum atomic E-state index is 0.0680. The van der Waals surface area contributed by atoms with Crippen molar-refractivity contribution in [2.45, 2.75) is 52.0 Å². The predicted molar refractivity (Wildman–Crippen MR) is 93.5 cm³/mol. The fraction of sp³-hybridized carbons (Fsp3) is 0.500. The topological polar surface area (TPSA) is 89.4 Å². The van der Waals surface area contributed by atoms with E-state index in [0.29, 0.717) is 31.1 Å². The summed E-state index contributed by atoms with van der Waals surface area (Å²) in [4.78, 5) is 22.8. The maximum Gasteiger partial charge on any atom is 0.252 e. The quantitative estimate of drug-likeness (QED) is 0.674. The standard InChI is InChI=1S/C18H22N6O2/c1-11-15(12(2)24-18(21-11)19-10-20-24)6-7-17(25)23(3)9-14-8-16(26-22-14)13-4-5-13/h8,10,13H,4-7,9H2,1-3H3. The molecule has 3 aromatic heterocycles. The van der Waals surface area contributed by atoms with Gasteiger partial charge < -0.3 is 9.42 Å². The predicted octanol–water partition coefficient (Wildman–Crippen LogP) is 2.20. The first-order valence-electron chi connectivity index (χ1n) is 8.88. The van der Waals surface area contributed by atoms with E-state index in [2.05, 4.69) is 20.2 Å². The molecule has 136 valence electrons. The van der Waals surface area contributed by atoms with Crippen LogP contribution < -0.4 is 0 Å².